The number of halogens is 1. The van der Waals surface area contributed by atoms with Gasteiger partial charge in [-0.15, -0.1) is 0 Å². The van der Waals surface area contributed by atoms with E-state index in [1.54, 1.807) is 0 Å². The van der Waals surface area contributed by atoms with Gasteiger partial charge in [0.15, 0.2) is 0 Å². The fourth-order valence-corrected chi connectivity index (χ4v) is 3.82. The molecule has 4 rings (SSSR count). The van der Waals surface area contributed by atoms with Gasteiger partial charge in [-0.1, -0.05) is 53.6 Å². The molecule has 1 aromatic heterocycles. The summed E-state index contributed by atoms with van der Waals surface area (Å²) in [7, 11) is 0. The molecule has 0 spiro atoms. The minimum Gasteiger partial charge on any atom is -0.352 e. The number of aromatic nitrogens is 1. The third-order valence-electron chi connectivity index (χ3n) is 5.22. The van der Waals surface area contributed by atoms with Crippen LogP contribution in [0.4, 0.5) is 0 Å². The summed E-state index contributed by atoms with van der Waals surface area (Å²) in [4.78, 5) is 17.7. The Labute approximate surface area is 170 Å². The van der Waals surface area contributed by atoms with Crippen LogP contribution in [-0.2, 0) is 0 Å². The molecule has 2 aromatic carbocycles. The topological polar surface area (TPSA) is 42.0 Å². The summed E-state index contributed by atoms with van der Waals surface area (Å²) in [5.41, 5.74) is 4.66. The molecule has 1 aliphatic rings. The Morgan fingerprint density at radius 3 is 2.68 bits per heavy atom. The monoisotopic (exact) mass is 390 g/mol. The first-order chi connectivity index (χ1) is 13.7. The van der Waals surface area contributed by atoms with Crippen LogP contribution in [0.3, 0.4) is 0 Å². The van der Waals surface area contributed by atoms with Crippen molar-refractivity contribution in [3.05, 3.63) is 76.8 Å². The SMILES string of the molecule is O=C(NCCC1=CCCCC1)c1cc(-c2ccc(Cl)cc2)nc2ccccc12. The van der Waals surface area contributed by atoms with E-state index in [4.69, 9.17) is 16.6 Å². The van der Waals surface area contributed by atoms with Gasteiger partial charge in [-0.25, -0.2) is 4.98 Å². The summed E-state index contributed by atoms with van der Waals surface area (Å²) in [5, 5.41) is 4.65. The van der Waals surface area contributed by atoms with Gasteiger partial charge in [0, 0.05) is 22.5 Å². The number of fused-ring (bicyclic) bond motifs is 1. The first-order valence-corrected chi connectivity index (χ1v) is 10.2. The molecule has 0 radical (unpaired) electrons. The number of nitrogens with zero attached hydrogens (tertiary/aromatic N) is 1. The molecule has 0 fully saturated rings. The summed E-state index contributed by atoms with van der Waals surface area (Å²) >= 11 is 6.01. The molecule has 0 bridgehead atoms. The van der Waals surface area contributed by atoms with E-state index in [1.807, 2.05) is 54.6 Å². The van der Waals surface area contributed by atoms with Crippen LogP contribution in [-0.4, -0.2) is 17.4 Å². The highest BCUT2D eigenvalue weighted by molar-refractivity contribution is 6.30. The predicted molar refractivity (Wildman–Crippen MR) is 116 cm³/mol. The van der Waals surface area contributed by atoms with Crippen molar-refractivity contribution >= 4 is 28.4 Å². The van der Waals surface area contributed by atoms with Crippen LogP contribution in [0.5, 0.6) is 0 Å². The lowest BCUT2D eigenvalue weighted by molar-refractivity contribution is 0.0955. The molecule has 1 amide bonds. The summed E-state index contributed by atoms with van der Waals surface area (Å²) < 4.78 is 0. The molecule has 1 heterocycles. The van der Waals surface area contributed by atoms with E-state index in [2.05, 4.69) is 11.4 Å². The highest BCUT2D eigenvalue weighted by Crippen LogP contribution is 2.26. The standard InChI is InChI=1S/C24H23ClN2O/c25-19-12-10-18(11-13-19)23-16-21(20-8-4-5-9-22(20)27-23)24(28)26-15-14-17-6-2-1-3-7-17/h4-6,8-13,16H,1-3,7,14-15H2,(H,26,28). The summed E-state index contributed by atoms with van der Waals surface area (Å²) in [6.45, 7) is 0.664. The quantitative estimate of drug-likeness (QED) is 0.529. The van der Waals surface area contributed by atoms with Crippen LogP contribution in [0.25, 0.3) is 22.2 Å². The second-order valence-electron chi connectivity index (χ2n) is 7.19. The molecule has 0 atom stereocenters. The predicted octanol–water partition coefficient (Wildman–Crippen LogP) is 6.18. The summed E-state index contributed by atoms with van der Waals surface area (Å²) in [6.07, 6.45) is 8.14. The molecule has 0 unspecified atom stereocenters. The molecule has 4 heteroatoms. The maximum absolute atomic E-state index is 13.0. The molecule has 1 N–H and O–H groups in total. The number of carbonyl (C=O) groups excluding carboxylic acids is 1. The maximum atomic E-state index is 13.0. The van der Waals surface area contributed by atoms with Gasteiger partial charge in [-0.2, -0.15) is 0 Å². The number of carbonyl (C=O) groups is 1. The fraction of sp³-hybridized carbons (Fsp3) is 0.250. The molecule has 0 aliphatic heterocycles. The van der Waals surface area contributed by atoms with Gasteiger partial charge in [0.25, 0.3) is 5.91 Å². The first-order valence-electron chi connectivity index (χ1n) is 9.82. The zero-order chi connectivity index (χ0) is 19.3. The second kappa shape index (κ2) is 8.57. The van der Waals surface area contributed by atoms with Crippen LogP contribution in [0.15, 0.2) is 66.2 Å². The van der Waals surface area contributed by atoms with E-state index in [-0.39, 0.29) is 5.91 Å². The third-order valence-corrected chi connectivity index (χ3v) is 5.47. The van der Waals surface area contributed by atoms with Gasteiger partial charge in [-0.05, 0) is 56.4 Å². The van der Waals surface area contributed by atoms with Gasteiger partial charge in [0.2, 0.25) is 0 Å². The Balaban J connectivity index is 1.60. The lowest BCUT2D eigenvalue weighted by atomic mass is 9.97. The first kappa shape index (κ1) is 18.7. The van der Waals surface area contributed by atoms with E-state index < -0.39 is 0 Å². The summed E-state index contributed by atoms with van der Waals surface area (Å²) in [6, 6.07) is 17.2. The van der Waals surface area contributed by atoms with Crippen LogP contribution < -0.4 is 5.32 Å². The highest BCUT2D eigenvalue weighted by atomic mass is 35.5. The molecule has 1 aliphatic carbocycles. The Bertz CT molecular complexity index is 1020. The average Bonchev–Trinajstić information content (AvgIpc) is 2.74. The van der Waals surface area contributed by atoms with Gasteiger partial charge in [0.1, 0.15) is 0 Å². The minimum absolute atomic E-state index is 0.0507. The Morgan fingerprint density at radius 2 is 1.89 bits per heavy atom. The third kappa shape index (κ3) is 4.26. The number of nitrogens with one attached hydrogen (secondary N) is 1. The zero-order valence-electron chi connectivity index (χ0n) is 15.7. The van der Waals surface area contributed by atoms with E-state index in [9.17, 15) is 4.79 Å². The van der Waals surface area contributed by atoms with Gasteiger partial charge >= 0.3 is 0 Å². The smallest absolute Gasteiger partial charge is 0.252 e. The molecule has 3 nitrogen and oxygen atoms in total. The molecule has 0 saturated heterocycles. The Morgan fingerprint density at radius 1 is 1.07 bits per heavy atom. The van der Waals surface area contributed by atoms with Crippen molar-refractivity contribution in [2.45, 2.75) is 32.1 Å². The number of benzene rings is 2. The number of para-hydroxylation sites is 1. The number of rotatable bonds is 5. The van der Waals surface area contributed by atoms with Crippen molar-refractivity contribution in [1.82, 2.24) is 10.3 Å². The highest BCUT2D eigenvalue weighted by Gasteiger charge is 2.14. The molecule has 3 aromatic rings. The van der Waals surface area contributed by atoms with Crippen molar-refractivity contribution in [3.8, 4) is 11.3 Å². The van der Waals surface area contributed by atoms with Crippen molar-refractivity contribution in [3.63, 3.8) is 0 Å². The molecule has 0 saturated carbocycles. The van der Waals surface area contributed by atoms with Gasteiger partial charge in [0.05, 0.1) is 16.8 Å². The fourth-order valence-electron chi connectivity index (χ4n) is 3.70. The molecular formula is C24H23ClN2O. The Kier molecular flexibility index (Phi) is 5.73. The minimum atomic E-state index is -0.0507. The molecule has 142 valence electrons. The van der Waals surface area contributed by atoms with Crippen LogP contribution >= 0.6 is 11.6 Å². The van der Waals surface area contributed by atoms with Gasteiger partial charge in [-0.3, -0.25) is 4.79 Å². The maximum Gasteiger partial charge on any atom is 0.252 e. The normalized spacial score (nSPS) is 14.0. The molecular weight excluding hydrogens is 368 g/mol. The number of hydrogen-bond donors (Lipinski definition) is 1. The van der Waals surface area contributed by atoms with E-state index in [0.717, 1.165) is 35.0 Å². The lowest BCUT2D eigenvalue weighted by Gasteiger charge is -2.14. The van der Waals surface area contributed by atoms with Crippen LogP contribution in [0.2, 0.25) is 5.02 Å². The Hall–Kier alpha value is -2.65. The van der Waals surface area contributed by atoms with Crippen molar-refractivity contribution in [2.75, 3.05) is 6.54 Å². The average molecular weight is 391 g/mol. The second-order valence-corrected chi connectivity index (χ2v) is 7.63. The number of pyridine rings is 1. The van der Waals surface area contributed by atoms with Crippen molar-refractivity contribution in [2.24, 2.45) is 0 Å². The van der Waals surface area contributed by atoms with E-state index in [1.165, 1.54) is 24.8 Å². The van der Waals surface area contributed by atoms with Crippen LogP contribution in [0.1, 0.15) is 42.5 Å². The van der Waals surface area contributed by atoms with Crippen LogP contribution in [0, 0.1) is 0 Å². The number of amides is 1. The lowest BCUT2D eigenvalue weighted by Crippen LogP contribution is -2.25. The van der Waals surface area contributed by atoms with E-state index >= 15 is 0 Å². The van der Waals surface area contributed by atoms with Crippen molar-refractivity contribution in [1.29, 1.82) is 0 Å². The molecule has 28 heavy (non-hydrogen) atoms. The largest absolute Gasteiger partial charge is 0.352 e. The number of hydrogen-bond acceptors (Lipinski definition) is 2. The summed E-state index contributed by atoms with van der Waals surface area (Å²) in [5.74, 6) is -0.0507. The van der Waals surface area contributed by atoms with Crippen molar-refractivity contribution < 1.29 is 4.79 Å². The van der Waals surface area contributed by atoms with E-state index in [0.29, 0.717) is 17.1 Å². The van der Waals surface area contributed by atoms with Gasteiger partial charge < -0.3 is 5.32 Å². The zero-order valence-corrected chi connectivity index (χ0v) is 16.5. The number of allylic oxidation sites excluding steroid dienone is 1.